The van der Waals surface area contributed by atoms with E-state index in [2.05, 4.69) is 6.92 Å². The van der Waals surface area contributed by atoms with Crippen LogP contribution in [0.3, 0.4) is 0 Å². The highest BCUT2D eigenvalue weighted by Crippen LogP contribution is 1.94. The molecular formula is C8H15NOS. The van der Waals surface area contributed by atoms with Gasteiger partial charge in [-0.1, -0.05) is 13.3 Å². The van der Waals surface area contributed by atoms with Gasteiger partial charge in [0.2, 0.25) is 0 Å². The number of rotatable bonds is 5. The first-order valence-electron chi connectivity index (χ1n) is 3.86. The summed E-state index contributed by atoms with van der Waals surface area (Å²) in [5.74, 6) is 0. The van der Waals surface area contributed by atoms with Crippen LogP contribution in [-0.4, -0.2) is 17.4 Å². The number of ether oxygens (including phenoxy) is 1. The van der Waals surface area contributed by atoms with Crippen molar-refractivity contribution in [3.63, 3.8) is 0 Å². The van der Waals surface area contributed by atoms with E-state index in [1.165, 1.54) is 0 Å². The standard InChI is InChI=1S/C8H15NOS/c1-3-4-5-10-8(11)6-7(2)9/h9H,3-6H2,1-2H3. The van der Waals surface area contributed by atoms with Gasteiger partial charge in [-0.2, -0.15) is 0 Å². The average molecular weight is 173 g/mol. The highest BCUT2D eigenvalue weighted by atomic mass is 32.1. The highest BCUT2D eigenvalue weighted by molar-refractivity contribution is 7.80. The fraction of sp³-hybridized carbons (Fsp3) is 0.750. The van der Waals surface area contributed by atoms with Crippen LogP contribution >= 0.6 is 12.2 Å². The smallest absolute Gasteiger partial charge is 0.165 e. The summed E-state index contributed by atoms with van der Waals surface area (Å²) in [6, 6.07) is 0. The van der Waals surface area contributed by atoms with Gasteiger partial charge in [-0.25, -0.2) is 0 Å². The zero-order valence-electron chi connectivity index (χ0n) is 7.14. The van der Waals surface area contributed by atoms with Crippen LogP contribution in [0.1, 0.15) is 33.1 Å². The lowest BCUT2D eigenvalue weighted by atomic mass is 10.3. The Morgan fingerprint density at radius 1 is 1.55 bits per heavy atom. The molecule has 0 aromatic heterocycles. The topological polar surface area (TPSA) is 33.1 Å². The predicted octanol–water partition coefficient (Wildman–Crippen LogP) is 2.56. The molecule has 0 spiro atoms. The van der Waals surface area contributed by atoms with Crippen LogP contribution in [-0.2, 0) is 4.74 Å². The zero-order chi connectivity index (χ0) is 8.69. The quantitative estimate of drug-likeness (QED) is 0.394. The molecule has 0 rings (SSSR count). The van der Waals surface area contributed by atoms with Gasteiger partial charge < -0.3 is 10.1 Å². The normalized spacial score (nSPS) is 9.27. The van der Waals surface area contributed by atoms with E-state index >= 15 is 0 Å². The van der Waals surface area contributed by atoms with Crippen LogP contribution < -0.4 is 0 Å². The second kappa shape index (κ2) is 6.28. The first-order chi connectivity index (χ1) is 5.16. The Morgan fingerprint density at radius 2 is 2.18 bits per heavy atom. The van der Waals surface area contributed by atoms with E-state index in [0.29, 0.717) is 23.8 Å². The van der Waals surface area contributed by atoms with Crippen molar-refractivity contribution >= 4 is 23.0 Å². The molecule has 0 fully saturated rings. The molecule has 0 aliphatic heterocycles. The fourth-order valence-corrected chi connectivity index (χ4v) is 0.898. The summed E-state index contributed by atoms with van der Waals surface area (Å²) in [7, 11) is 0. The van der Waals surface area contributed by atoms with Gasteiger partial charge in [0, 0.05) is 5.71 Å². The van der Waals surface area contributed by atoms with E-state index < -0.39 is 0 Å². The summed E-state index contributed by atoms with van der Waals surface area (Å²) >= 11 is 4.88. The summed E-state index contributed by atoms with van der Waals surface area (Å²) in [4.78, 5) is 0. The number of thiocarbonyl (C=S) groups is 1. The summed E-state index contributed by atoms with van der Waals surface area (Å²) in [6.45, 7) is 4.53. The second-order valence-electron chi connectivity index (χ2n) is 2.53. The van der Waals surface area contributed by atoms with E-state index in [0.717, 1.165) is 12.8 Å². The molecule has 0 saturated heterocycles. The molecule has 0 aromatic rings. The Bertz CT molecular complexity index is 145. The van der Waals surface area contributed by atoms with Crippen molar-refractivity contribution < 1.29 is 4.74 Å². The minimum Gasteiger partial charge on any atom is -0.487 e. The number of unbranched alkanes of at least 4 members (excludes halogenated alkanes) is 1. The Labute approximate surface area is 73.5 Å². The molecule has 3 heteroatoms. The Morgan fingerprint density at radius 3 is 2.64 bits per heavy atom. The average Bonchev–Trinajstić information content (AvgIpc) is 1.86. The van der Waals surface area contributed by atoms with E-state index in [1.54, 1.807) is 6.92 Å². The fourth-order valence-electron chi connectivity index (χ4n) is 0.598. The lowest BCUT2D eigenvalue weighted by Gasteiger charge is -2.04. The van der Waals surface area contributed by atoms with Crippen molar-refractivity contribution in [1.29, 1.82) is 5.41 Å². The first-order valence-corrected chi connectivity index (χ1v) is 4.27. The van der Waals surface area contributed by atoms with Gasteiger partial charge in [0.05, 0.1) is 13.0 Å². The minimum absolute atomic E-state index is 0.499. The number of hydrogen-bond acceptors (Lipinski definition) is 3. The number of hydrogen-bond donors (Lipinski definition) is 1. The Hall–Kier alpha value is -0.440. The summed E-state index contributed by atoms with van der Waals surface area (Å²) in [5.41, 5.74) is 0.562. The molecule has 2 nitrogen and oxygen atoms in total. The molecular weight excluding hydrogens is 158 g/mol. The molecule has 0 unspecified atom stereocenters. The second-order valence-corrected chi connectivity index (χ2v) is 2.99. The van der Waals surface area contributed by atoms with Crippen LogP contribution in [0, 0.1) is 5.41 Å². The van der Waals surface area contributed by atoms with E-state index in [-0.39, 0.29) is 0 Å². The van der Waals surface area contributed by atoms with Gasteiger partial charge in [-0.15, -0.1) is 0 Å². The summed E-state index contributed by atoms with van der Waals surface area (Å²) < 4.78 is 5.18. The summed E-state index contributed by atoms with van der Waals surface area (Å²) in [5, 5.41) is 7.68. The van der Waals surface area contributed by atoms with Gasteiger partial charge in [-0.05, 0) is 25.6 Å². The molecule has 1 N–H and O–H groups in total. The molecule has 0 atom stereocenters. The van der Waals surface area contributed by atoms with Crippen molar-refractivity contribution in [3.05, 3.63) is 0 Å². The van der Waals surface area contributed by atoms with Crippen LogP contribution in [0.25, 0.3) is 0 Å². The number of nitrogens with one attached hydrogen (secondary N) is 1. The van der Waals surface area contributed by atoms with Crippen molar-refractivity contribution in [1.82, 2.24) is 0 Å². The van der Waals surface area contributed by atoms with Crippen molar-refractivity contribution in [2.75, 3.05) is 6.61 Å². The SMILES string of the molecule is CCCCOC(=S)CC(C)=N. The third-order valence-electron chi connectivity index (χ3n) is 1.17. The van der Waals surface area contributed by atoms with Gasteiger partial charge in [0.25, 0.3) is 0 Å². The van der Waals surface area contributed by atoms with Crippen LogP contribution in [0.4, 0.5) is 0 Å². The molecule has 0 heterocycles. The first kappa shape index (κ1) is 10.6. The lowest BCUT2D eigenvalue weighted by molar-refractivity contribution is 0.300. The Balaban J connectivity index is 3.30. The van der Waals surface area contributed by atoms with Crippen molar-refractivity contribution in [3.8, 4) is 0 Å². The van der Waals surface area contributed by atoms with E-state index in [9.17, 15) is 0 Å². The van der Waals surface area contributed by atoms with E-state index in [1.807, 2.05) is 0 Å². The van der Waals surface area contributed by atoms with Crippen LogP contribution in [0.15, 0.2) is 0 Å². The predicted molar refractivity (Wildman–Crippen MR) is 51.5 cm³/mol. The van der Waals surface area contributed by atoms with Crippen LogP contribution in [0.2, 0.25) is 0 Å². The maximum Gasteiger partial charge on any atom is 0.165 e. The Kier molecular flexibility index (Phi) is 6.03. The third kappa shape index (κ3) is 7.46. The van der Waals surface area contributed by atoms with E-state index in [4.69, 9.17) is 22.4 Å². The molecule has 0 aromatic carbocycles. The maximum atomic E-state index is 7.14. The maximum absolute atomic E-state index is 7.14. The molecule has 0 amide bonds. The monoisotopic (exact) mass is 173 g/mol. The minimum atomic E-state index is 0.499. The summed E-state index contributed by atoms with van der Waals surface area (Å²) in [6.07, 6.45) is 2.66. The van der Waals surface area contributed by atoms with Gasteiger partial charge in [0.15, 0.2) is 5.05 Å². The largest absolute Gasteiger partial charge is 0.487 e. The van der Waals surface area contributed by atoms with Gasteiger partial charge >= 0.3 is 0 Å². The lowest BCUT2D eigenvalue weighted by Crippen LogP contribution is -2.06. The van der Waals surface area contributed by atoms with Gasteiger partial charge in [-0.3, -0.25) is 0 Å². The highest BCUT2D eigenvalue weighted by Gasteiger charge is 1.97. The molecule has 0 aliphatic rings. The molecule has 64 valence electrons. The van der Waals surface area contributed by atoms with Gasteiger partial charge in [0.1, 0.15) is 0 Å². The molecule has 0 bridgehead atoms. The molecule has 11 heavy (non-hydrogen) atoms. The zero-order valence-corrected chi connectivity index (χ0v) is 7.96. The molecule has 0 radical (unpaired) electrons. The molecule has 0 saturated carbocycles. The molecule has 0 aliphatic carbocycles. The third-order valence-corrected chi connectivity index (χ3v) is 1.43. The van der Waals surface area contributed by atoms with Crippen LogP contribution in [0.5, 0.6) is 0 Å². The van der Waals surface area contributed by atoms with Crippen molar-refractivity contribution in [2.45, 2.75) is 33.1 Å². The van der Waals surface area contributed by atoms with Crippen molar-refractivity contribution in [2.24, 2.45) is 0 Å².